The van der Waals surface area contributed by atoms with Gasteiger partial charge >= 0.3 is 0 Å². The molecule has 0 aliphatic heterocycles. The van der Waals surface area contributed by atoms with Crippen molar-refractivity contribution in [2.45, 2.75) is 12.8 Å². The molecule has 6 nitrogen and oxygen atoms in total. The molecule has 6 heteroatoms. The summed E-state index contributed by atoms with van der Waals surface area (Å²) in [6.45, 7) is 0.712. The Kier molecular flexibility index (Phi) is 2.87. The van der Waals surface area contributed by atoms with Gasteiger partial charge < -0.3 is 15.1 Å². The highest BCUT2D eigenvalue weighted by Gasteiger charge is 2.03. The molecule has 0 atom stereocenters. The van der Waals surface area contributed by atoms with Gasteiger partial charge in [-0.1, -0.05) is 0 Å². The van der Waals surface area contributed by atoms with Crippen LogP contribution in [0.4, 0.5) is 5.82 Å². The molecule has 78 valence electrons. The molecular formula is C9H11N5O. The molecule has 0 amide bonds. The molecule has 2 N–H and O–H groups in total. The molecule has 2 rings (SSSR count). The normalized spacial score (nSPS) is 10.4. The van der Waals surface area contributed by atoms with Crippen molar-refractivity contribution in [1.82, 2.24) is 19.9 Å². The lowest BCUT2D eigenvalue weighted by Crippen LogP contribution is -2.04. The van der Waals surface area contributed by atoms with Crippen molar-refractivity contribution < 1.29 is 4.79 Å². The first-order valence-corrected chi connectivity index (χ1v) is 4.73. The third-order valence-electron chi connectivity index (χ3n) is 2.01. The van der Waals surface area contributed by atoms with E-state index in [-0.39, 0.29) is 0 Å². The Morgan fingerprint density at radius 2 is 2.33 bits per heavy atom. The van der Waals surface area contributed by atoms with Gasteiger partial charge in [-0.05, 0) is 6.42 Å². The number of hydrogen-bond donors (Lipinski definition) is 2. The van der Waals surface area contributed by atoms with Crippen LogP contribution in [-0.4, -0.2) is 32.8 Å². The quantitative estimate of drug-likeness (QED) is 0.555. The van der Waals surface area contributed by atoms with E-state index in [0.717, 1.165) is 24.0 Å². The second-order valence-electron chi connectivity index (χ2n) is 3.06. The molecule has 0 saturated carbocycles. The number of rotatable bonds is 5. The maximum atomic E-state index is 10.1. The van der Waals surface area contributed by atoms with Gasteiger partial charge in [-0.2, -0.15) is 0 Å². The van der Waals surface area contributed by atoms with Crippen LogP contribution >= 0.6 is 0 Å². The highest BCUT2D eigenvalue weighted by atomic mass is 16.1. The molecule has 0 radical (unpaired) electrons. The van der Waals surface area contributed by atoms with Crippen LogP contribution in [0.2, 0.25) is 0 Å². The number of nitrogens with one attached hydrogen (secondary N) is 2. The number of unbranched alkanes of at least 4 members (excludes halogenated alkanes) is 1. The van der Waals surface area contributed by atoms with Gasteiger partial charge in [0.05, 0.1) is 6.33 Å². The van der Waals surface area contributed by atoms with Crippen molar-refractivity contribution in [3.8, 4) is 0 Å². The number of H-pyrrole nitrogens is 1. The van der Waals surface area contributed by atoms with E-state index in [4.69, 9.17) is 0 Å². The Balaban J connectivity index is 2.07. The second-order valence-corrected chi connectivity index (χ2v) is 3.06. The van der Waals surface area contributed by atoms with E-state index < -0.39 is 0 Å². The number of aromatic nitrogens is 4. The molecule has 0 fully saturated rings. The van der Waals surface area contributed by atoms with Crippen molar-refractivity contribution in [3.05, 3.63) is 12.7 Å². The summed E-state index contributed by atoms with van der Waals surface area (Å²) in [7, 11) is 0. The Hall–Kier alpha value is -1.98. The average molecular weight is 205 g/mol. The van der Waals surface area contributed by atoms with Crippen molar-refractivity contribution in [3.63, 3.8) is 0 Å². The standard InChI is InChI=1S/C9H11N5O/c15-4-2-1-3-10-8-7-9(12-5-11-7)14-6-13-8/h4-6H,1-3H2,(H2,10,11,12,13,14). The highest BCUT2D eigenvalue weighted by molar-refractivity contribution is 5.81. The number of carbonyl (C=O) groups excluding carboxylic acids is 1. The summed E-state index contributed by atoms with van der Waals surface area (Å²) < 4.78 is 0. The van der Waals surface area contributed by atoms with E-state index in [2.05, 4.69) is 25.3 Å². The Labute approximate surface area is 86.2 Å². The summed E-state index contributed by atoms with van der Waals surface area (Å²) in [6.07, 6.45) is 5.31. The van der Waals surface area contributed by atoms with Crippen LogP contribution in [0.1, 0.15) is 12.8 Å². The molecule has 0 unspecified atom stereocenters. The maximum absolute atomic E-state index is 10.1. The first kappa shape index (κ1) is 9.57. The summed E-state index contributed by atoms with van der Waals surface area (Å²) in [5.41, 5.74) is 1.44. The molecule has 0 spiro atoms. The molecule has 0 saturated heterocycles. The minimum Gasteiger partial charge on any atom is -0.368 e. The number of hydrogen-bond acceptors (Lipinski definition) is 5. The van der Waals surface area contributed by atoms with Gasteiger partial charge in [0.2, 0.25) is 0 Å². The number of imidazole rings is 1. The number of aromatic amines is 1. The lowest BCUT2D eigenvalue weighted by Gasteiger charge is -2.03. The summed E-state index contributed by atoms with van der Waals surface area (Å²) >= 11 is 0. The van der Waals surface area contributed by atoms with Crippen molar-refractivity contribution in [2.75, 3.05) is 11.9 Å². The number of fused-ring (bicyclic) bond motifs is 1. The molecule has 0 aliphatic carbocycles. The molecular weight excluding hydrogens is 194 g/mol. The van der Waals surface area contributed by atoms with Crippen LogP contribution in [0, 0.1) is 0 Å². The van der Waals surface area contributed by atoms with E-state index in [9.17, 15) is 4.79 Å². The van der Waals surface area contributed by atoms with Gasteiger partial charge in [-0.3, -0.25) is 0 Å². The number of nitrogens with zero attached hydrogens (tertiary/aromatic N) is 3. The zero-order valence-electron chi connectivity index (χ0n) is 8.10. The lowest BCUT2D eigenvalue weighted by molar-refractivity contribution is -0.107. The van der Waals surface area contributed by atoms with Crippen LogP contribution < -0.4 is 5.32 Å². The Morgan fingerprint density at radius 1 is 1.40 bits per heavy atom. The fourth-order valence-corrected chi connectivity index (χ4v) is 1.29. The van der Waals surface area contributed by atoms with E-state index in [1.807, 2.05) is 0 Å². The molecule has 2 aromatic rings. The van der Waals surface area contributed by atoms with Crippen molar-refractivity contribution in [1.29, 1.82) is 0 Å². The molecule has 2 aromatic heterocycles. The van der Waals surface area contributed by atoms with E-state index in [0.29, 0.717) is 18.6 Å². The van der Waals surface area contributed by atoms with Gasteiger partial charge in [-0.25, -0.2) is 15.0 Å². The van der Waals surface area contributed by atoms with E-state index in [1.165, 1.54) is 6.33 Å². The Morgan fingerprint density at radius 3 is 3.20 bits per heavy atom. The molecule has 0 bridgehead atoms. The first-order chi connectivity index (χ1) is 7.42. The molecule has 2 heterocycles. The zero-order chi connectivity index (χ0) is 10.5. The van der Waals surface area contributed by atoms with Gasteiger partial charge in [0.25, 0.3) is 0 Å². The van der Waals surface area contributed by atoms with E-state index >= 15 is 0 Å². The van der Waals surface area contributed by atoms with Gasteiger partial charge in [0.1, 0.15) is 18.1 Å². The lowest BCUT2D eigenvalue weighted by atomic mass is 10.3. The SMILES string of the molecule is O=CCCCNc1ncnc2nc[nH]c12. The summed E-state index contributed by atoms with van der Waals surface area (Å²) in [5, 5.41) is 3.13. The molecule has 15 heavy (non-hydrogen) atoms. The fourth-order valence-electron chi connectivity index (χ4n) is 1.29. The van der Waals surface area contributed by atoms with Crippen LogP contribution in [0.15, 0.2) is 12.7 Å². The van der Waals surface area contributed by atoms with Crippen molar-refractivity contribution in [2.24, 2.45) is 0 Å². The van der Waals surface area contributed by atoms with Crippen molar-refractivity contribution >= 4 is 23.3 Å². The first-order valence-electron chi connectivity index (χ1n) is 4.73. The van der Waals surface area contributed by atoms with Gasteiger partial charge in [-0.15, -0.1) is 0 Å². The van der Waals surface area contributed by atoms with Crippen LogP contribution in [-0.2, 0) is 4.79 Å². The topological polar surface area (TPSA) is 83.6 Å². The summed E-state index contributed by atoms with van der Waals surface area (Å²) in [4.78, 5) is 25.2. The summed E-state index contributed by atoms with van der Waals surface area (Å²) in [6, 6.07) is 0. The fraction of sp³-hybridized carbons (Fsp3) is 0.333. The zero-order valence-corrected chi connectivity index (χ0v) is 8.10. The minimum absolute atomic E-state index is 0.560. The average Bonchev–Trinajstić information content (AvgIpc) is 2.73. The molecule has 0 aliphatic rings. The summed E-state index contributed by atoms with van der Waals surface area (Å²) in [5.74, 6) is 0.725. The van der Waals surface area contributed by atoms with Crippen LogP contribution in [0.3, 0.4) is 0 Å². The largest absolute Gasteiger partial charge is 0.368 e. The minimum atomic E-state index is 0.560. The molecule has 0 aromatic carbocycles. The second kappa shape index (κ2) is 4.50. The Bertz CT molecular complexity index is 452. The smallest absolute Gasteiger partial charge is 0.182 e. The van der Waals surface area contributed by atoms with Gasteiger partial charge in [0.15, 0.2) is 11.5 Å². The van der Waals surface area contributed by atoms with Crippen LogP contribution in [0.5, 0.6) is 0 Å². The third kappa shape index (κ3) is 2.09. The van der Waals surface area contributed by atoms with E-state index in [1.54, 1.807) is 6.33 Å². The number of aldehydes is 1. The third-order valence-corrected chi connectivity index (χ3v) is 2.01. The maximum Gasteiger partial charge on any atom is 0.182 e. The number of carbonyl (C=O) groups is 1. The monoisotopic (exact) mass is 205 g/mol. The highest BCUT2D eigenvalue weighted by Crippen LogP contribution is 2.13. The predicted octanol–water partition coefficient (Wildman–Crippen LogP) is 0.744. The van der Waals surface area contributed by atoms with Crippen LogP contribution in [0.25, 0.3) is 11.2 Å². The van der Waals surface area contributed by atoms with Gasteiger partial charge in [0, 0.05) is 13.0 Å². The number of anilines is 1. The predicted molar refractivity (Wildman–Crippen MR) is 55.5 cm³/mol.